The zero-order valence-corrected chi connectivity index (χ0v) is 15.7. The van der Waals surface area contributed by atoms with Gasteiger partial charge in [-0.1, -0.05) is 42.5 Å². The fraction of sp³-hybridized carbons (Fsp3) is 0.182. The maximum Gasteiger partial charge on any atom is 0.267 e. The molecular formula is C22H23N3O3. The van der Waals surface area contributed by atoms with E-state index in [2.05, 4.69) is 16.4 Å². The fourth-order valence-electron chi connectivity index (χ4n) is 3.03. The van der Waals surface area contributed by atoms with Gasteiger partial charge in [0, 0.05) is 30.4 Å². The van der Waals surface area contributed by atoms with Crippen molar-refractivity contribution < 1.29 is 14.8 Å². The number of benzene rings is 2. The zero-order chi connectivity index (χ0) is 19.9. The maximum atomic E-state index is 11.6. The number of carbonyl (C=O) groups is 2. The molecule has 28 heavy (non-hydrogen) atoms. The van der Waals surface area contributed by atoms with E-state index in [1.54, 1.807) is 18.5 Å². The number of nitrogens with one attached hydrogen (secondary N) is 3. The first-order valence-electron chi connectivity index (χ1n) is 9.10. The lowest BCUT2D eigenvalue weighted by molar-refractivity contribution is -0.124. The Balaban J connectivity index is 1.53. The Morgan fingerprint density at radius 3 is 2.64 bits per heavy atom. The van der Waals surface area contributed by atoms with Crippen molar-refractivity contribution in [2.75, 3.05) is 6.54 Å². The average molecular weight is 377 g/mol. The summed E-state index contributed by atoms with van der Waals surface area (Å²) in [5, 5.41) is 13.0. The van der Waals surface area contributed by atoms with Crippen LogP contribution in [0.1, 0.15) is 34.1 Å². The van der Waals surface area contributed by atoms with Gasteiger partial charge in [0.2, 0.25) is 0 Å². The first kappa shape index (κ1) is 19.5. The fourth-order valence-corrected chi connectivity index (χ4v) is 3.03. The van der Waals surface area contributed by atoms with E-state index >= 15 is 0 Å². The number of amides is 1. The predicted molar refractivity (Wildman–Crippen MR) is 109 cm³/mol. The van der Waals surface area contributed by atoms with Gasteiger partial charge >= 0.3 is 0 Å². The van der Waals surface area contributed by atoms with Crippen LogP contribution in [0.15, 0.2) is 54.6 Å². The van der Waals surface area contributed by atoms with Gasteiger partial charge in [-0.15, -0.1) is 0 Å². The molecule has 6 nitrogen and oxygen atoms in total. The molecule has 144 valence electrons. The van der Waals surface area contributed by atoms with E-state index < -0.39 is 5.91 Å². The molecule has 2 aromatic carbocycles. The molecule has 0 fully saturated rings. The molecule has 4 N–H and O–H groups in total. The van der Waals surface area contributed by atoms with Crippen molar-refractivity contribution in [2.24, 2.45) is 0 Å². The number of H-pyrrole nitrogens is 1. The Labute approximate surface area is 163 Å². The van der Waals surface area contributed by atoms with Gasteiger partial charge < -0.3 is 10.3 Å². The van der Waals surface area contributed by atoms with Crippen LogP contribution in [0.3, 0.4) is 0 Å². The number of ketones is 1. The zero-order valence-electron chi connectivity index (χ0n) is 15.7. The molecule has 3 aromatic rings. The second kappa shape index (κ2) is 9.12. The van der Waals surface area contributed by atoms with Crippen molar-refractivity contribution in [3.63, 3.8) is 0 Å². The minimum Gasteiger partial charge on any atom is -0.352 e. The van der Waals surface area contributed by atoms with Gasteiger partial charge in [-0.2, -0.15) is 0 Å². The minimum absolute atomic E-state index is 0.0376. The Kier molecular flexibility index (Phi) is 6.37. The lowest BCUT2D eigenvalue weighted by atomic mass is 10.1. The molecule has 3 rings (SSSR count). The van der Waals surface area contributed by atoms with Gasteiger partial charge in [-0.05, 0) is 41.8 Å². The molecular weight excluding hydrogens is 354 g/mol. The number of hydrogen-bond acceptors (Lipinski definition) is 4. The molecule has 0 saturated carbocycles. The summed E-state index contributed by atoms with van der Waals surface area (Å²) in [4.78, 5) is 25.8. The number of carbonyl (C=O) groups excluding carboxylic acids is 2. The predicted octanol–water partition coefficient (Wildman–Crippen LogP) is 3.22. The summed E-state index contributed by atoms with van der Waals surface area (Å²) in [5.41, 5.74) is 6.42. The molecule has 0 aliphatic heterocycles. The first-order valence-corrected chi connectivity index (χ1v) is 9.10. The number of para-hydroxylation sites is 1. The van der Waals surface area contributed by atoms with Crippen LogP contribution in [0.5, 0.6) is 0 Å². The highest BCUT2D eigenvalue weighted by molar-refractivity contribution is 5.98. The summed E-state index contributed by atoms with van der Waals surface area (Å²) in [7, 11) is 0. The van der Waals surface area contributed by atoms with Gasteiger partial charge in [0.25, 0.3) is 5.91 Å². The molecule has 0 atom stereocenters. The normalized spacial score (nSPS) is 11.2. The topological polar surface area (TPSA) is 94.2 Å². The number of aromatic nitrogens is 1. The average Bonchev–Trinajstić information content (AvgIpc) is 3.15. The quantitative estimate of drug-likeness (QED) is 0.159. The second-order valence-corrected chi connectivity index (χ2v) is 6.60. The molecule has 0 saturated heterocycles. The third kappa shape index (κ3) is 4.94. The smallest absolute Gasteiger partial charge is 0.267 e. The molecule has 0 bridgehead atoms. The minimum atomic E-state index is -0.557. The Bertz CT molecular complexity index is 1000. The maximum absolute atomic E-state index is 11.6. The summed E-state index contributed by atoms with van der Waals surface area (Å²) >= 11 is 0. The molecule has 1 aromatic heterocycles. The monoisotopic (exact) mass is 377 g/mol. The van der Waals surface area contributed by atoms with Gasteiger partial charge in [0.15, 0.2) is 5.78 Å². The van der Waals surface area contributed by atoms with Crippen LogP contribution in [0.2, 0.25) is 0 Å². The highest BCUT2D eigenvalue weighted by atomic mass is 16.5. The van der Waals surface area contributed by atoms with E-state index in [4.69, 9.17) is 5.21 Å². The number of Topliss-reactive ketones (excluding diaryl/α,β-unsaturated/α-hetero) is 1. The highest BCUT2D eigenvalue weighted by Gasteiger charge is 2.08. The van der Waals surface area contributed by atoms with Crippen molar-refractivity contribution in [2.45, 2.75) is 19.9 Å². The Morgan fingerprint density at radius 2 is 1.93 bits per heavy atom. The van der Waals surface area contributed by atoms with E-state index in [1.165, 1.54) is 11.6 Å². The molecule has 6 heteroatoms. The van der Waals surface area contributed by atoms with Gasteiger partial charge in [0.05, 0.1) is 5.69 Å². The van der Waals surface area contributed by atoms with Crippen LogP contribution >= 0.6 is 0 Å². The van der Waals surface area contributed by atoms with Gasteiger partial charge in [-0.25, -0.2) is 5.48 Å². The van der Waals surface area contributed by atoms with Crippen LogP contribution < -0.4 is 10.8 Å². The molecule has 0 unspecified atom stereocenters. The lowest BCUT2D eigenvalue weighted by Gasteiger charge is -2.07. The van der Waals surface area contributed by atoms with Crippen LogP contribution in [0.25, 0.3) is 17.0 Å². The SMILES string of the molecule is CC(=O)c1cc2cccc(CCNCc3ccc(/C=C/C(=O)NO)cc3)c2[nH]1. The first-order chi connectivity index (χ1) is 13.6. The number of rotatable bonds is 8. The largest absolute Gasteiger partial charge is 0.352 e. The Hall–Kier alpha value is -3.22. The van der Waals surface area contributed by atoms with E-state index in [0.717, 1.165) is 41.5 Å². The van der Waals surface area contributed by atoms with E-state index in [9.17, 15) is 9.59 Å². The van der Waals surface area contributed by atoms with Crippen LogP contribution in [-0.2, 0) is 17.8 Å². The molecule has 0 spiro atoms. The van der Waals surface area contributed by atoms with Crippen LogP contribution in [-0.4, -0.2) is 28.4 Å². The number of hydroxylamine groups is 1. The van der Waals surface area contributed by atoms with Gasteiger partial charge in [0.1, 0.15) is 0 Å². The highest BCUT2D eigenvalue weighted by Crippen LogP contribution is 2.20. The molecule has 0 radical (unpaired) electrons. The summed E-state index contributed by atoms with van der Waals surface area (Å²) in [6.07, 6.45) is 3.76. The molecule has 1 amide bonds. The second-order valence-electron chi connectivity index (χ2n) is 6.60. The standard InChI is InChI=1S/C22H23N3O3/c1-15(26)20-13-19-4-2-3-18(22(19)24-20)11-12-23-14-17-7-5-16(6-8-17)9-10-21(27)25-28/h2-10,13,23-24,28H,11-12,14H2,1H3,(H,25,27)/b10-9+. The summed E-state index contributed by atoms with van der Waals surface area (Å²) in [6, 6.07) is 15.8. The third-order valence-electron chi connectivity index (χ3n) is 4.54. The summed E-state index contributed by atoms with van der Waals surface area (Å²) in [5.74, 6) is -0.520. The molecule has 0 aliphatic carbocycles. The molecule has 1 heterocycles. The third-order valence-corrected chi connectivity index (χ3v) is 4.54. The van der Waals surface area contributed by atoms with E-state index in [0.29, 0.717) is 5.69 Å². The summed E-state index contributed by atoms with van der Waals surface area (Å²) < 4.78 is 0. The number of hydrogen-bond donors (Lipinski definition) is 4. The van der Waals surface area contributed by atoms with Crippen molar-refractivity contribution in [3.8, 4) is 0 Å². The lowest BCUT2D eigenvalue weighted by Crippen LogP contribution is -2.16. The van der Waals surface area contributed by atoms with E-state index in [1.807, 2.05) is 42.5 Å². The van der Waals surface area contributed by atoms with Crippen LogP contribution in [0.4, 0.5) is 0 Å². The summed E-state index contributed by atoms with van der Waals surface area (Å²) in [6.45, 7) is 3.11. The van der Waals surface area contributed by atoms with Gasteiger partial charge in [-0.3, -0.25) is 14.8 Å². The van der Waals surface area contributed by atoms with E-state index in [-0.39, 0.29) is 5.78 Å². The van der Waals surface area contributed by atoms with Crippen molar-refractivity contribution in [1.82, 2.24) is 15.8 Å². The number of aromatic amines is 1. The van der Waals surface area contributed by atoms with Crippen molar-refractivity contribution >= 4 is 28.7 Å². The van der Waals surface area contributed by atoms with Crippen molar-refractivity contribution in [3.05, 3.63) is 77.0 Å². The number of fused-ring (bicyclic) bond motifs is 1. The van der Waals surface area contributed by atoms with Crippen LogP contribution in [0, 0.1) is 0 Å². The Morgan fingerprint density at radius 1 is 1.14 bits per heavy atom. The van der Waals surface area contributed by atoms with Crippen molar-refractivity contribution in [1.29, 1.82) is 0 Å². The molecule has 0 aliphatic rings.